The molecule has 33 heavy (non-hydrogen) atoms. The second-order valence-corrected chi connectivity index (χ2v) is 8.60. The van der Waals surface area contributed by atoms with Crippen molar-refractivity contribution in [1.82, 2.24) is 24.5 Å². The summed E-state index contributed by atoms with van der Waals surface area (Å²) in [6, 6.07) is 13.1. The summed E-state index contributed by atoms with van der Waals surface area (Å²) >= 11 is 0. The number of hydrogen-bond acceptors (Lipinski definition) is 5. The van der Waals surface area contributed by atoms with Crippen molar-refractivity contribution in [1.29, 1.82) is 0 Å². The Hall–Kier alpha value is -3.68. The molecular weight excluding hydrogens is 421 g/mol. The fourth-order valence-corrected chi connectivity index (χ4v) is 4.29. The van der Waals surface area contributed by atoms with E-state index in [1.54, 1.807) is 6.07 Å². The van der Waals surface area contributed by atoms with Gasteiger partial charge in [-0.05, 0) is 60.4 Å². The van der Waals surface area contributed by atoms with Gasteiger partial charge in [0.15, 0.2) is 23.2 Å². The van der Waals surface area contributed by atoms with E-state index < -0.39 is 5.82 Å². The normalized spacial score (nSPS) is 14.8. The monoisotopic (exact) mass is 445 g/mol. The van der Waals surface area contributed by atoms with Gasteiger partial charge in [-0.15, -0.1) is 0 Å². The van der Waals surface area contributed by atoms with E-state index in [4.69, 9.17) is 24.7 Å². The van der Waals surface area contributed by atoms with Crippen LogP contribution in [0.15, 0.2) is 48.7 Å². The second-order valence-electron chi connectivity index (χ2n) is 8.60. The number of fused-ring (bicyclic) bond motifs is 1. The van der Waals surface area contributed by atoms with E-state index in [0.717, 1.165) is 34.9 Å². The predicted molar refractivity (Wildman–Crippen MR) is 120 cm³/mol. The molecule has 0 spiro atoms. The van der Waals surface area contributed by atoms with Gasteiger partial charge in [-0.3, -0.25) is 4.68 Å². The number of benzene rings is 2. The van der Waals surface area contributed by atoms with E-state index in [9.17, 15) is 4.39 Å². The van der Waals surface area contributed by atoms with Crippen LogP contribution in [0.1, 0.15) is 47.2 Å². The fourth-order valence-electron chi connectivity index (χ4n) is 4.29. The van der Waals surface area contributed by atoms with Crippen LogP contribution in [0, 0.1) is 5.82 Å². The molecule has 0 N–H and O–H groups in total. The van der Waals surface area contributed by atoms with Crippen molar-refractivity contribution >= 4 is 0 Å². The number of ether oxygens (including phenoxy) is 2. The van der Waals surface area contributed by atoms with E-state index in [-0.39, 0.29) is 5.75 Å². The lowest BCUT2D eigenvalue weighted by molar-refractivity contribution is 0.357. The van der Waals surface area contributed by atoms with Crippen molar-refractivity contribution in [3.63, 3.8) is 0 Å². The summed E-state index contributed by atoms with van der Waals surface area (Å²) < 4.78 is 28.7. The van der Waals surface area contributed by atoms with Gasteiger partial charge in [-0.25, -0.2) is 14.1 Å². The highest BCUT2D eigenvalue weighted by atomic mass is 19.1. The Morgan fingerprint density at radius 2 is 2.03 bits per heavy atom. The lowest BCUT2D eigenvalue weighted by atomic mass is 10.1. The molecule has 0 atom stereocenters. The molecule has 7 nitrogen and oxygen atoms in total. The highest BCUT2D eigenvalue weighted by molar-refractivity contribution is 5.46. The van der Waals surface area contributed by atoms with Crippen molar-refractivity contribution in [2.75, 3.05) is 13.7 Å². The number of methoxy groups -OCH3 is 1. The Bertz CT molecular complexity index is 1320. The zero-order valence-corrected chi connectivity index (χ0v) is 18.4. The molecule has 8 heteroatoms. The molecule has 4 aromatic rings. The lowest BCUT2D eigenvalue weighted by Crippen LogP contribution is -2.09. The summed E-state index contributed by atoms with van der Waals surface area (Å²) in [5, 5.41) is 9.53. The Morgan fingerprint density at radius 3 is 2.85 bits per heavy atom. The first-order valence-electron chi connectivity index (χ1n) is 11.2. The average molecular weight is 445 g/mol. The van der Waals surface area contributed by atoms with E-state index in [0.29, 0.717) is 31.3 Å². The SMILES string of the molecule is COc1ccc(Cc2nc(Cn3ccc(C4CC4)n3)n(-c3ccc4c(c3)CCO4)n2)cc1F. The molecular formula is C25H24FN5O2. The van der Waals surface area contributed by atoms with Gasteiger partial charge in [0.1, 0.15) is 12.3 Å². The van der Waals surface area contributed by atoms with Crippen LogP contribution in [0.3, 0.4) is 0 Å². The maximum absolute atomic E-state index is 14.2. The molecule has 2 aromatic carbocycles. The minimum Gasteiger partial charge on any atom is -0.494 e. The van der Waals surface area contributed by atoms with Gasteiger partial charge >= 0.3 is 0 Å². The van der Waals surface area contributed by atoms with E-state index in [1.807, 2.05) is 33.8 Å². The van der Waals surface area contributed by atoms with Crippen LogP contribution in [-0.2, 0) is 19.4 Å². The largest absolute Gasteiger partial charge is 0.494 e. The minimum absolute atomic E-state index is 0.225. The van der Waals surface area contributed by atoms with Gasteiger partial charge in [0.05, 0.1) is 25.1 Å². The molecule has 168 valence electrons. The first-order chi connectivity index (χ1) is 16.2. The Morgan fingerprint density at radius 1 is 1.12 bits per heavy atom. The van der Waals surface area contributed by atoms with Crippen molar-refractivity contribution in [3.05, 3.63) is 82.9 Å². The van der Waals surface area contributed by atoms with Gasteiger partial charge in [-0.2, -0.15) is 10.2 Å². The molecule has 0 radical (unpaired) electrons. The summed E-state index contributed by atoms with van der Waals surface area (Å²) in [5.74, 6) is 2.77. The van der Waals surface area contributed by atoms with Crippen molar-refractivity contribution in [2.45, 2.75) is 38.1 Å². The summed E-state index contributed by atoms with van der Waals surface area (Å²) in [5.41, 5.74) is 4.03. The minimum atomic E-state index is -0.391. The Labute approximate surface area is 190 Å². The number of nitrogens with zero attached hydrogens (tertiary/aromatic N) is 5. The molecule has 1 aliphatic carbocycles. The highest BCUT2D eigenvalue weighted by Gasteiger charge is 2.26. The molecule has 0 saturated heterocycles. The van der Waals surface area contributed by atoms with Gasteiger partial charge in [-0.1, -0.05) is 6.07 Å². The maximum atomic E-state index is 14.2. The number of rotatable bonds is 7. The molecule has 2 aromatic heterocycles. The van der Waals surface area contributed by atoms with Gasteiger partial charge in [0, 0.05) is 25.0 Å². The summed E-state index contributed by atoms with van der Waals surface area (Å²) in [7, 11) is 1.46. The van der Waals surface area contributed by atoms with E-state index in [2.05, 4.69) is 12.1 Å². The molecule has 2 aliphatic rings. The van der Waals surface area contributed by atoms with E-state index >= 15 is 0 Å². The maximum Gasteiger partial charge on any atom is 0.165 e. The van der Waals surface area contributed by atoms with Crippen LogP contribution in [0.25, 0.3) is 5.69 Å². The molecule has 3 heterocycles. The van der Waals surface area contributed by atoms with Crippen LogP contribution in [0.2, 0.25) is 0 Å². The third-order valence-electron chi connectivity index (χ3n) is 6.17. The molecule has 1 saturated carbocycles. The quantitative estimate of drug-likeness (QED) is 0.429. The zero-order valence-electron chi connectivity index (χ0n) is 18.4. The zero-order chi connectivity index (χ0) is 22.4. The second kappa shape index (κ2) is 8.03. The topological polar surface area (TPSA) is 67.0 Å². The summed E-state index contributed by atoms with van der Waals surface area (Å²) in [6.07, 6.45) is 5.73. The standard InChI is InChI=1S/C25H24FN5O2/c1-32-23-6-2-16(12-20(23)26)13-24-27-25(15-30-10-8-21(28-30)17-3-4-17)31(29-24)19-5-7-22-18(14-19)9-11-33-22/h2,5-8,10,12,14,17H,3-4,9,11,13,15H2,1H3. The third-order valence-corrected chi connectivity index (χ3v) is 6.17. The lowest BCUT2D eigenvalue weighted by Gasteiger charge is -2.08. The number of aromatic nitrogens is 5. The van der Waals surface area contributed by atoms with Crippen LogP contribution in [-0.4, -0.2) is 38.3 Å². The van der Waals surface area contributed by atoms with Crippen LogP contribution in [0.4, 0.5) is 4.39 Å². The molecule has 0 amide bonds. The van der Waals surface area contributed by atoms with Crippen molar-refractivity contribution in [3.8, 4) is 17.2 Å². The van der Waals surface area contributed by atoms with Gasteiger partial charge in [0.2, 0.25) is 0 Å². The third kappa shape index (κ3) is 3.97. The molecule has 1 fully saturated rings. The smallest absolute Gasteiger partial charge is 0.165 e. The molecule has 0 unspecified atom stereocenters. The van der Waals surface area contributed by atoms with Crippen LogP contribution in [0.5, 0.6) is 11.5 Å². The average Bonchev–Trinajstić information content (AvgIpc) is 3.19. The first kappa shape index (κ1) is 20.0. The molecule has 0 bridgehead atoms. The van der Waals surface area contributed by atoms with Crippen LogP contribution < -0.4 is 9.47 Å². The van der Waals surface area contributed by atoms with Crippen LogP contribution >= 0.6 is 0 Å². The van der Waals surface area contributed by atoms with Gasteiger partial charge < -0.3 is 9.47 Å². The summed E-state index contributed by atoms with van der Waals surface area (Å²) in [6.45, 7) is 1.21. The Kier molecular flexibility index (Phi) is 4.86. The predicted octanol–water partition coefficient (Wildman–Crippen LogP) is 4.06. The van der Waals surface area contributed by atoms with Crippen molar-refractivity contribution in [2.24, 2.45) is 0 Å². The number of halogens is 1. The fraction of sp³-hybridized carbons (Fsp3) is 0.320. The molecule has 6 rings (SSSR count). The van der Waals surface area contributed by atoms with Gasteiger partial charge in [0.25, 0.3) is 0 Å². The molecule has 1 aliphatic heterocycles. The van der Waals surface area contributed by atoms with Crippen molar-refractivity contribution < 1.29 is 13.9 Å². The Balaban J connectivity index is 1.34. The summed E-state index contributed by atoms with van der Waals surface area (Å²) in [4.78, 5) is 4.82. The van der Waals surface area contributed by atoms with E-state index in [1.165, 1.54) is 31.6 Å². The first-order valence-corrected chi connectivity index (χ1v) is 11.2. The number of hydrogen-bond donors (Lipinski definition) is 0. The highest BCUT2D eigenvalue weighted by Crippen LogP contribution is 2.38.